The summed E-state index contributed by atoms with van der Waals surface area (Å²) < 4.78 is 5.57. The Morgan fingerprint density at radius 2 is 1.35 bits per heavy atom. The van der Waals surface area contributed by atoms with Crippen LogP contribution >= 0.6 is 0 Å². The fraction of sp³-hybridized carbons (Fsp3) is 0.188. The smallest absolute Gasteiger partial charge is 0.323 e. The molecule has 1 fully saturated rings. The number of pyridine rings is 2. The number of benzene rings is 2. The van der Waals surface area contributed by atoms with E-state index < -0.39 is 0 Å². The second-order valence-corrected chi connectivity index (χ2v) is 10.2. The topological polar surface area (TPSA) is 134 Å². The molecule has 43 heavy (non-hydrogen) atoms. The summed E-state index contributed by atoms with van der Waals surface area (Å²) >= 11 is 0. The van der Waals surface area contributed by atoms with Gasteiger partial charge in [0.25, 0.3) is 0 Å². The summed E-state index contributed by atoms with van der Waals surface area (Å²) in [5.74, 6) is 1.17. The molecule has 5 aromatic rings. The molecule has 3 aromatic heterocycles. The van der Waals surface area contributed by atoms with E-state index in [9.17, 15) is 9.59 Å². The lowest BCUT2D eigenvalue weighted by Gasteiger charge is -2.28. The molecule has 11 heteroatoms. The number of urea groups is 1. The van der Waals surface area contributed by atoms with Crippen molar-refractivity contribution in [1.82, 2.24) is 19.9 Å². The molecular weight excluding hydrogens is 544 g/mol. The van der Waals surface area contributed by atoms with Gasteiger partial charge >= 0.3 is 6.03 Å². The molecule has 1 aliphatic heterocycles. The van der Waals surface area contributed by atoms with Gasteiger partial charge in [-0.15, -0.1) is 0 Å². The zero-order chi connectivity index (χ0) is 29.8. The van der Waals surface area contributed by atoms with Gasteiger partial charge in [0.2, 0.25) is 5.91 Å². The van der Waals surface area contributed by atoms with Crippen molar-refractivity contribution >= 4 is 45.9 Å². The lowest BCUT2D eigenvalue weighted by Crippen LogP contribution is -2.37. The zero-order valence-electron chi connectivity index (χ0n) is 23.8. The lowest BCUT2D eigenvalue weighted by molar-refractivity contribution is -0.114. The molecule has 1 aliphatic rings. The molecule has 11 nitrogen and oxygen atoms in total. The maximum absolute atomic E-state index is 12.6. The van der Waals surface area contributed by atoms with Crippen LogP contribution in [0.15, 0.2) is 79.1 Å². The Morgan fingerprint density at radius 3 is 1.98 bits per heavy atom. The van der Waals surface area contributed by atoms with Crippen molar-refractivity contribution in [2.75, 3.05) is 47.2 Å². The van der Waals surface area contributed by atoms with Gasteiger partial charge in [0, 0.05) is 71.9 Å². The minimum atomic E-state index is -0.388. The van der Waals surface area contributed by atoms with Crippen molar-refractivity contribution in [3.63, 3.8) is 0 Å². The van der Waals surface area contributed by atoms with Crippen LogP contribution in [0.4, 0.5) is 27.7 Å². The van der Waals surface area contributed by atoms with Crippen molar-refractivity contribution in [3.8, 4) is 22.5 Å². The monoisotopic (exact) mass is 574 g/mol. The Morgan fingerprint density at radius 1 is 0.744 bits per heavy atom. The van der Waals surface area contributed by atoms with E-state index in [2.05, 4.69) is 25.8 Å². The standard InChI is InChI=1S/C32H30N8O3/c1-20-3-4-23(18-33-20)24-17-28-29(34-19-24)31(40-13-15-43-16-14-40)39-30(38-28)22-5-7-26(8-6-22)36-32(42)37-27-11-9-25(10-12-27)35-21(2)41/h3-12,17-19H,13-16H2,1-2H3,(H,35,41)(H2,36,37,42). The first-order chi connectivity index (χ1) is 20.9. The minimum absolute atomic E-state index is 0.158. The lowest BCUT2D eigenvalue weighted by atomic mass is 10.1. The Bertz CT molecular complexity index is 1770. The fourth-order valence-electron chi connectivity index (χ4n) is 4.76. The van der Waals surface area contributed by atoms with Gasteiger partial charge in [0.05, 0.1) is 18.7 Å². The maximum atomic E-state index is 12.6. The number of carbonyl (C=O) groups excluding carboxylic acids is 2. The van der Waals surface area contributed by atoms with Gasteiger partial charge in [-0.05, 0) is 67.6 Å². The normalized spacial score (nSPS) is 13.0. The van der Waals surface area contributed by atoms with Gasteiger partial charge in [-0.25, -0.2) is 14.8 Å². The molecule has 6 rings (SSSR count). The number of ether oxygens (including phenoxy) is 1. The summed E-state index contributed by atoms with van der Waals surface area (Å²) in [6, 6.07) is 19.9. The number of rotatable bonds is 6. The van der Waals surface area contributed by atoms with Crippen LogP contribution in [-0.2, 0) is 9.53 Å². The zero-order valence-corrected chi connectivity index (χ0v) is 23.8. The molecule has 3 N–H and O–H groups in total. The number of nitrogens with one attached hydrogen (secondary N) is 3. The summed E-state index contributed by atoms with van der Waals surface area (Å²) in [4.78, 5) is 45.0. The van der Waals surface area contributed by atoms with Crippen molar-refractivity contribution in [2.45, 2.75) is 13.8 Å². The van der Waals surface area contributed by atoms with E-state index >= 15 is 0 Å². The van der Waals surface area contributed by atoms with Crippen LogP contribution in [0.3, 0.4) is 0 Å². The van der Waals surface area contributed by atoms with Gasteiger partial charge in [-0.3, -0.25) is 14.8 Å². The number of carbonyl (C=O) groups is 2. The van der Waals surface area contributed by atoms with E-state index in [-0.39, 0.29) is 11.9 Å². The highest BCUT2D eigenvalue weighted by atomic mass is 16.5. The maximum Gasteiger partial charge on any atom is 0.323 e. The van der Waals surface area contributed by atoms with Crippen molar-refractivity contribution in [3.05, 3.63) is 84.8 Å². The molecule has 4 heterocycles. The van der Waals surface area contributed by atoms with E-state index in [1.807, 2.05) is 61.8 Å². The van der Waals surface area contributed by atoms with Crippen LogP contribution in [0, 0.1) is 6.92 Å². The summed E-state index contributed by atoms with van der Waals surface area (Å²) in [5.41, 5.74) is 6.96. The van der Waals surface area contributed by atoms with Gasteiger partial charge in [-0.2, -0.15) is 0 Å². The molecule has 0 bridgehead atoms. The first kappa shape index (κ1) is 27.7. The van der Waals surface area contributed by atoms with Gasteiger partial charge in [0.15, 0.2) is 11.6 Å². The number of amides is 3. The average Bonchev–Trinajstić information content (AvgIpc) is 3.02. The number of nitrogens with zero attached hydrogens (tertiary/aromatic N) is 5. The third-order valence-corrected chi connectivity index (χ3v) is 6.94. The molecule has 0 spiro atoms. The number of hydrogen-bond acceptors (Lipinski definition) is 8. The number of aromatic nitrogens is 4. The molecule has 0 saturated carbocycles. The minimum Gasteiger partial charge on any atom is -0.378 e. The van der Waals surface area contributed by atoms with Gasteiger partial charge in [0.1, 0.15) is 5.52 Å². The number of fused-ring (bicyclic) bond motifs is 1. The molecule has 0 aliphatic carbocycles. The molecule has 0 atom stereocenters. The van der Waals surface area contributed by atoms with E-state index in [0.717, 1.165) is 39.2 Å². The highest BCUT2D eigenvalue weighted by Crippen LogP contribution is 2.30. The van der Waals surface area contributed by atoms with Crippen LogP contribution in [0.5, 0.6) is 0 Å². The Labute approximate surface area is 248 Å². The number of anilines is 4. The SMILES string of the molecule is CC(=O)Nc1ccc(NC(=O)Nc2ccc(-c3nc(N4CCOCC4)c4ncc(-c5ccc(C)nc5)cc4n3)cc2)cc1. The Balaban J connectivity index is 1.24. The average molecular weight is 575 g/mol. The fourth-order valence-corrected chi connectivity index (χ4v) is 4.76. The first-order valence-corrected chi connectivity index (χ1v) is 13.9. The van der Waals surface area contributed by atoms with Crippen molar-refractivity contribution < 1.29 is 14.3 Å². The molecule has 3 amide bonds. The molecule has 216 valence electrons. The third kappa shape index (κ3) is 6.57. The van der Waals surface area contributed by atoms with Crippen molar-refractivity contribution in [1.29, 1.82) is 0 Å². The molecule has 0 radical (unpaired) electrons. The molecular formula is C32H30N8O3. The summed E-state index contributed by atoms with van der Waals surface area (Å²) in [5, 5.41) is 8.32. The van der Waals surface area contributed by atoms with E-state index in [1.165, 1.54) is 6.92 Å². The molecule has 2 aromatic carbocycles. The predicted octanol–water partition coefficient (Wildman–Crippen LogP) is 5.50. The first-order valence-electron chi connectivity index (χ1n) is 13.9. The number of aryl methyl sites for hydroxylation is 1. The number of morpholine rings is 1. The second-order valence-electron chi connectivity index (χ2n) is 10.2. The third-order valence-electron chi connectivity index (χ3n) is 6.94. The Hall–Kier alpha value is -5.42. The quantitative estimate of drug-likeness (QED) is 0.242. The number of hydrogen-bond donors (Lipinski definition) is 3. The largest absolute Gasteiger partial charge is 0.378 e. The van der Waals surface area contributed by atoms with Crippen LogP contribution in [-0.4, -0.2) is 58.2 Å². The molecule has 1 saturated heterocycles. The summed E-state index contributed by atoms with van der Waals surface area (Å²) in [6.45, 7) is 6.07. The van der Waals surface area contributed by atoms with Crippen LogP contribution < -0.4 is 20.9 Å². The van der Waals surface area contributed by atoms with Crippen LogP contribution in [0.25, 0.3) is 33.5 Å². The summed E-state index contributed by atoms with van der Waals surface area (Å²) in [6.07, 6.45) is 3.68. The van der Waals surface area contributed by atoms with E-state index in [4.69, 9.17) is 19.7 Å². The van der Waals surface area contributed by atoms with Gasteiger partial charge < -0.3 is 25.6 Å². The summed E-state index contributed by atoms with van der Waals surface area (Å²) in [7, 11) is 0. The van der Waals surface area contributed by atoms with E-state index in [0.29, 0.717) is 49.2 Å². The van der Waals surface area contributed by atoms with Crippen molar-refractivity contribution in [2.24, 2.45) is 0 Å². The molecule has 0 unspecified atom stereocenters. The predicted molar refractivity (Wildman–Crippen MR) is 167 cm³/mol. The highest BCUT2D eigenvalue weighted by molar-refractivity contribution is 6.00. The van der Waals surface area contributed by atoms with Crippen LogP contribution in [0.2, 0.25) is 0 Å². The Kier molecular flexibility index (Phi) is 7.88. The highest BCUT2D eigenvalue weighted by Gasteiger charge is 2.20. The second kappa shape index (κ2) is 12.2. The van der Waals surface area contributed by atoms with Crippen LogP contribution in [0.1, 0.15) is 12.6 Å². The van der Waals surface area contributed by atoms with E-state index in [1.54, 1.807) is 24.3 Å². The van der Waals surface area contributed by atoms with Gasteiger partial charge in [-0.1, -0.05) is 6.07 Å².